The zero-order valence-electron chi connectivity index (χ0n) is 9.38. The van der Waals surface area contributed by atoms with E-state index in [1.165, 1.54) is 25.1 Å². The molecule has 0 aliphatic rings. The Morgan fingerprint density at radius 1 is 1.50 bits per heavy atom. The van der Waals surface area contributed by atoms with E-state index in [0.29, 0.717) is 3.57 Å². The fraction of sp³-hybridized carbons (Fsp3) is 0.364. The first-order chi connectivity index (χ1) is 8.19. The molecular weight excluding hydrogens is 362 g/mol. The molecule has 1 unspecified atom stereocenters. The van der Waals surface area contributed by atoms with E-state index in [4.69, 9.17) is 0 Å². The zero-order valence-corrected chi connectivity index (χ0v) is 11.5. The fourth-order valence-corrected chi connectivity index (χ4v) is 1.69. The summed E-state index contributed by atoms with van der Waals surface area (Å²) in [6.07, 6.45) is -5.41. The van der Waals surface area contributed by atoms with Crippen LogP contribution in [0, 0.1) is 3.57 Å². The first-order valence-corrected chi connectivity index (χ1v) is 6.13. The Bertz CT molecular complexity index is 448. The molecule has 0 saturated carbocycles. The van der Waals surface area contributed by atoms with E-state index in [1.807, 2.05) is 22.6 Å². The van der Waals surface area contributed by atoms with Crippen LogP contribution in [0.3, 0.4) is 0 Å². The monoisotopic (exact) mass is 373 g/mol. The molecule has 0 aromatic heterocycles. The summed E-state index contributed by atoms with van der Waals surface area (Å²) in [4.78, 5) is 11.6. The smallest absolute Gasteiger partial charge is 0.391 e. The van der Waals surface area contributed by atoms with E-state index >= 15 is 0 Å². The number of phenols is 1. The molecule has 1 rings (SSSR count). The van der Waals surface area contributed by atoms with Gasteiger partial charge >= 0.3 is 6.18 Å². The third kappa shape index (κ3) is 4.71. The molecule has 1 aromatic rings. The van der Waals surface area contributed by atoms with Crippen LogP contribution in [0.5, 0.6) is 5.75 Å². The van der Waals surface area contributed by atoms with Crippen LogP contribution in [-0.2, 0) is 0 Å². The standard InChI is InChI=1S/C11H11F3INO2/c1-6(5-11(12,13)14)16-10(18)7-2-3-8(15)9(17)4-7/h2-4,6,17H,5H2,1H3,(H,16,18). The van der Waals surface area contributed by atoms with Crippen molar-refractivity contribution in [2.75, 3.05) is 0 Å². The second-order valence-electron chi connectivity index (χ2n) is 3.86. The van der Waals surface area contributed by atoms with E-state index in [1.54, 1.807) is 0 Å². The van der Waals surface area contributed by atoms with Gasteiger partial charge in [-0.3, -0.25) is 4.79 Å². The number of nitrogens with one attached hydrogen (secondary N) is 1. The van der Waals surface area contributed by atoms with Crippen LogP contribution in [0.4, 0.5) is 13.2 Å². The van der Waals surface area contributed by atoms with Crippen molar-refractivity contribution in [1.82, 2.24) is 5.32 Å². The van der Waals surface area contributed by atoms with E-state index in [2.05, 4.69) is 5.32 Å². The molecule has 0 saturated heterocycles. The Kier molecular flexibility index (Phi) is 4.83. The summed E-state index contributed by atoms with van der Waals surface area (Å²) in [5.74, 6) is -0.717. The fourth-order valence-electron chi connectivity index (χ4n) is 1.36. The van der Waals surface area contributed by atoms with Gasteiger partial charge in [0.1, 0.15) is 5.75 Å². The lowest BCUT2D eigenvalue weighted by atomic mass is 10.1. The molecule has 1 amide bonds. The van der Waals surface area contributed by atoms with Gasteiger partial charge in [0.05, 0.1) is 9.99 Å². The molecular formula is C11H11F3INO2. The summed E-state index contributed by atoms with van der Waals surface area (Å²) in [5.41, 5.74) is 0.127. The number of alkyl halides is 3. The Morgan fingerprint density at radius 3 is 2.61 bits per heavy atom. The summed E-state index contributed by atoms with van der Waals surface area (Å²) in [6, 6.07) is 3.16. The maximum Gasteiger partial charge on any atom is 0.391 e. The first-order valence-electron chi connectivity index (χ1n) is 5.05. The highest BCUT2D eigenvalue weighted by Gasteiger charge is 2.30. The van der Waals surface area contributed by atoms with E-state index in [9.17, 15) is 23.1 Å². The minimum absolute atomic E-state index is 0.0771. The van der Waals surface area contributed by atoms with Crippen molar-refractivity contribution >= 4 is 28.5 Å². The molecule has 0 aliphatic carbocycles. The average Bonchev–Trinajstić information content (AvgIpc) is 2.18. The van der Waals surface area contributed by atoms with Gasteiger partial charge in [-0.2, -0.15) is 13.2 Å². The summed E-state index contributed by atoms with van der Waals surface area (Å²) in [6.45, 7) is 1.28. The molecule has 0 aliphatic heterocycles. The maximum atomic E-state index is 12.1. The Labute approximate surface area is 116 Å². The van der Waals surface area contributed by atoms with Gasteiger partial charge < -0.3 is 10.4 Å². The van der Waals surface area contributed by atoms with Gasteiger partial charge in [0, 0.05) is 11.6 Å². The minimum atomic E-state index is -4.32. The number of carbonyl (C=O) groups is 1. The Balaban J connectivity index is 2.68. The van der Waals surface area contributed by atoms with Crippen LogP contribution in [0.15, 0.2) is 18.2 Å². The number of rotatable bonds is 3. The summed E-state index contributed by atoms with van der Waals surface area (Å²) >= 11 is 1.88. The number of benzene rings is 1. The van der Waals surface area contributed by atoms with Crippen molar-refractivity contribution in [3.05, 3.63) is 27.3 Å². The topological polar surface area (TPSA) is 49.3 Å². The number of phenolic OH excluding ortho intramolecular Hbond substituents is 1. The summed E-state index contributed by atoms with van der Waals surface area (Å²) in [7, 11) is 0. The molecule has 1 atom stereocenters. The highest BCUT2D eigenvalue weighted by Crippen LogP contribution is 2.22. The lowest BCUT2D eigenvalue weighted by molar-refractivity contribution is -0.138. The lowest BCUT2D eigenvalue weighted by Gasteiger charge is -2.15. The van der Waals surface area contributed by atoms with Crippen molar-refractivity contribution in [3.8, 4) is 5.75 Å². The van der Waals surface area contributed by atoms with Gasteiger partial charge in [0.25, 0.3) is 5.91 Å². The van der Waals surface area contributed by atoms with Gasteiger partial charge in [-0.15, -0.1) is 0 Å². The van der Waals surface area contributed by atoms with Crippen LogP contribution in [0.2, 0.25) is 0 Å². The average molecular weight is 373 g/mol. The summed E-state index contributed by atoms with van der Waals surface area (Å²) < 4.78 is 36.8. The van der Waals surface area contributed by atoms with Crippen molar-refractivity contribution in [2.45, 2.75) is 25.6 Å². The number of carbonyl (C=O) groups excluding carboxylic acids is 1. The number of hydrogen-bond acceptors (Lipinski definition) is 2. The Hall–Kier alpha value is -0.990. The quantitative estimate of drug-likeness (QED) is 0.801. The van der Waals surface area contributed by atoms with Gasteiger partial charge in [0.15, 0.2) is 0 Å². The molecule has 0 fully saturated rings. The summed E-state index contributed by atoms with van der Waals surface area (Å²) in [5, 5.41) is 11.6. The molecule has 7 heteroatoms. The molecule has 3 nitrogen and oxygen atoms in total. The van der Waals surface area contributed by atoms with Crippen molar-refractivity contribution in [1.29, 1.82) is 0 Å². The van der Waals surface area contributed by atoms with Crippen molar-refractivity contribution in [3.63, 3.8) is 0 Å². The number of hydrogen-bond donors (Lipinski definition) is 2. The third-order valence-corrected chi connectivity index (χ3v) is 3.04. The van der Waals surface area contributed by atoms with E-state index in [-0.39, 0.29) is 11.3 Å². The SMILES string of the molecule is CC(CC(F)(F)F)NC(=O)c1ccc(I)c(O)c1. The maximum absolute atomic E-state index is 12.1. The van der Waals surface area contributed by atoms with Crippen LogP contribution in [0.1, 0.15) is 23.7 Å². The van der Waals surface area contributed by atoms with Gasteiger partial charge in [0.2, 0.25) is 0 Å². The molecule has 0 bridgehead atoms. The number of amides is 1. The highest BCUT2D eigenvalue weighted by molar-refractivity contribution is 14.1. The van der Waals surface area contributed by atoms with Crippen molar-refractivity contribution in [2.24, 2.45) is 0 Å². The predicted octanol–water partition coefficient (Wildman–Crippen LogP) is 3.07. The normalized spacial score (nSPS) is 13.2. The largest absolute Gasteiger partial charge is 0.507 e. The first kappa shape index (κ1) is 15.1. The van der Waals surface area contributed by atoms with Crippen LogP contribution >= 0.6 is 22.6 Å². The molecule has 18 heavy (non-hydrogen) atoms. The minimum Gasteiger partial charge on any atom is -0.507 e. The molecule has 0 radical (unpaired) electrons. The number of halogens is 4. The van der Waals surface area contributed by atoms with Crippen LogP contribution in [0.25, 0.3) is 0 Å². The molecule has 100 valence electrons. The highest BCUT2D eigenvalue weighted by atomic mass is 127. The van der Waals surface area contributed by atoms with Crippen LogP contribution in [-0.4, -0.2) is 23.2 Å². The predicted molar refractivity (Wildman–Crippen MR) is 68.4 cm³/mol. The molecule has 0 heterocycles. The van der Waals surface area contributed by atoms with Crippen LogP contribution < -0.4 is 5.32 Å². The van der Waals surface area contributed by atoms with E-state index < -0.39 is 24.5 Å². The second-order valence-corrected chi connectivity index (χ2v) is 5.02. The second kappa shape index (κ2) is 5.77. The molecule has 1 aromatic carbocycles. The van der Waals surface area contributed by atoms with Gasteiger partial charge in [-0.25, -0.2) is 0 Å². The molecule has 2 N–H and O–H groups in total. The van der Waals surface area contributed by atoms with Gasteiger partial charge in [-0.05, 0) is 47.7 Å². The Morgan fingerprint density at radius 2 is 2.11 bits per heavy atom. The molecule has 0 spiro atoms. The van der Waals surface area contributed by atoms with Crippen molar-refractivity contribution < 1.29 is 23.1 Å². The zero-order chi connectivity index (χ0) is 13.9. The van der Waals surface area contributed by atoms with E-state index in [0.717, 1.165) is 0 Å². The van der Waals surface area contributed by atoms with Gasteiger partial charge in [-0.1, -0.05) is 0 Å². The third-order valence-electron chi connectivity index (χ3n) is 2.12. The number of aromatic hydroxyl groups is 1. The lowest BCUT2D eigenvalue weighted by Crippen LogP contribution is -2.35.